The van der Waals surface area contributed by atoms with Crippen LogP contribution >= 0.6 is 7.82 Å². The zero-order valence-corrected chi connectivity index (χ0v) is 8.98. The third-order valence-electron chi connectivity index (χ3n) is 1.78. The zero-order valence-electron chi connectivity index (χ0n) is 8.08. The summed E-state index contributed by atoms with van der Waals surface area (Å²) in [4.78, 5) is 28.2. The molecule has 2 N–H and O–H groups in total. The fraction of sp³-hybridized carbons (Fsp3) is 0.222. The summed E-state index contributed by atoms with van der Waals surface area (Å²) in [6.07, 6.45) is 0. The molecule has 82 valence electrons. The van der Waals surface area contributed by atoms with Crippen molar-refractivity contribution in [2.45, 2.75) is 13.5 Å². The van der Waals surface area contributed by atoms with Crippen molar-refractivity contribution in [1.82, 2.24) is 0 Å². The zero-order chi connectivity index (χ0) is 11.5. The first-order valence-electron chi connectivity index (χ1n) is 4.19. The Bertz CT molecular complexity index is 409. The van der Waals surface area contributed by atoms with Crippen molar-refractivity contribution < 1.29 is 23.7 Å². The van der Waals surface area contributed by atoms with E-state index in [-0.39, 0.29) is 12.4 Å². The molecule has 0 spiro atoms. The van der Waals surface area contributed by atoms with E-state index in [0.717, 1.165) is 0 Å². The number of hydrogen-bond acceptors (Lipinski definition) is 3. The van der Waals surface area contributed by atoms with Gasteiger partial charge in [0.25, 0.3) is 0 Å². The van der Waals surface area contributed by atoms with E-state index in [0.29, 0.717) is 11.1 Å². The van der Waals surface area contributed by atoms with E-state index in [1.807, 2.05) is 0 Å². The van der Waals surface area contributed by atoms with E-state index in [1.54, 1.807) is 24.3 Å². The largest absolute Gasteiger partial charge is 0.469 e. The van der Waals surface area contributed by atoms with Crippen LogP contribution in [0.1, 0.15) is 22.8 Å². The monoisotopic (exact) mass is 230 g/mol. The molecule has 0 aliphatic rings. The van der Waals surface area contributed by atoms with Crippen LogP contribution in [-0.4, -0.2) is 15.6 Å². The molecule has 15 heavy (non-hydrogen) atoms. The highest BCUT2D eigenvalue weighted by Gasteiger charge is 2.15. The Hall–Kier alpha value is -1.00. The predicted molar refractivity (Wildman–Crippen MR) is 53.3 cm³/mol. The van der Waals surface area contributed by atoms with Gasteiger partial charge in [0.05, 0.1) is 6.61 Å². The summed E-state index contributed by atoms with van der Waals surface area (Å²) in [5.41, 5.74) is 0.874. The van der Waals surface area contributed by atoms with E-state index in [1.165, 1.54) is 6.92 Å². The number of carbonyl (C=O) groups is 1. The number of hydrogen-bond donors (Lipinski definition) is 2. The summed E-state index contributed by atoms with van der Waals surface area (Å²) >= 11 is 0. The maximum Gasteiger partial charge on any atom is 0.469 e. The highest BCUT2D eigenvalue weighted by Crippen LogP contribution is 2.37. The first-order chi connectivity index (χ1) is 6.90. The third kappa shape index (κ3) is 3.93. The molecule has 0 atom stereocenters. The smallest absolute Gasteiger partial charge is 0.303 e. The van der Waals surface area contributed by atoms with Gasteiger partial charge in [0.1, 0.15) is 0 Å². The standard InChI is InChI=1S/C9H11O5P/c1-7(10)9-5-3-2-4-8(9)6-14-15(11,12)13/h2-5H,6H2,1H3,(H2,11,12,13). The van der Waals surface area contributed by atoms with E-state index in [4.69, 9.17) is 9.79 Å². The number of carbonyl (C=O) groups excluding carboxylic acids is 1. The number of phosphoric acid groups is 1. The topological polar surface area (TPSA) is 83.8 Å². The maximum atomic E-state index is 11.1. The predicted octanol–water partition coefficient (Wildman–Crippen LogP) is 1.50. The number of phosphoric ester groups is 1. The number of rotatable bonds is 4. The Kier molecular flexibility index (Phi) is 3.77. The van der Waals surface area contributed by atoms with Gasteiger partial charge in [0.2, 0.25) is 0 Å². The molecule has 6 heteroatoms. The van der Waals surface area contributed by atoms with Crippen LogP contribution in [0.25, 0.3) is 0 Å². The maximum absolute atomic E-state index is 11.1. The van der Waals surface area contributed by atoms with Crippen LogP contribution in [0.15, 0.2) is 24.3 Å². The highest BCUT2D eigenvalue weighted by molar-refractivity contribution is 7.46. The first kappa shape index (κ1) is 12.1. The van der Waals surface area contributed by atoms with Crippen LogP contribution in [0.4, 0.5) is 0 Å². The van der Waals surface area contributed by atoms with Crippen molar-refractivity contribution in [2.24, 2.45) is 0 Å². The molecule has 0 bridgehead atoms. The number of ketones is 1. The van der Waals surface area contributed by atoms with Gasteiger partial charge >= 0.3 is 7.82 Å². The van der Waals surface area contributed by atoms with Gasteiger partial charge in [-0.05, 0) is 12.5 Å². The molecule has 0 fully saturated rings. The molecule has 0 aliphatic heterocycles. The second-order valence-corrected chi connectivity index (χ2v) is 4.22. The van der Waals surface area contributed by atoms with Crippen LogP contribution in [0, 0.1) is 0 Å². The minimum atomic E-state index is -4.49. The SMILES string of the molecule is CC(=O)c1ccccc1COP(=O)(O)O. The molecule has 0 amide bonds. The average molecular weight is 230 g/mol. The van der Waals surface area contributed by atoms with Crippen molar-refractivity contribution in [1.29, 1.82) is 0 Å². The molecule has 0 aliphatic carbocycles. The van der Waals surface area contributed by atoms with Crippen LogP contribution < -0.4 is 0 Å². The van der Waals surface area contributed by atoms with Crippen molar-refractivity contribution in [2.75, 3.05) is 0 Å². The normalized spacial score (nSPS) is 11.4. The molecule has 0 radical (unpaired) electrons. The van der Waals surface area contributed by atoms with Crippen molar-refractivity contribution in [3.63, 3.8) is 0 Å². The molecule has 0 unspecified atom stereocenters. The molecule has 0 heterocycles. The van der Waals surface area contributed by atoms with Crippen LogP contribution in [0.5, 0.6) is 0 Å². The van der Waals surface area contributed by atoms with E-state index in [2.05, 4.69) is 4.52 Å². The molecule has 1 rings (SSSR count). The van der Waals surface area contributed by atoms with Crippen LogP contribution in [-0.2, 0) is 15.7 Å². The van der Waals surface area contributed by atoms with E-state index >= 15 is 0 Å². The summed E-state index contributed by atoms with van der Waals surface area (Å²) in [6, 6.07) is 6.52. The molecule has 1 aromatic carbocycles. The molecule has 0 aromatic heterocycles. The Morgan fingerprint density at radius 1 is 1.40 bits per heavy atom. The molecular weight excluding hydrogens is 219 g/mol. The lowest BCUT2D eigenvalue weighted by molar-refractivity contribution is 0.101. The van der Waals surface area contributed by atoms with Crippen LogP contribution in [0.3, 0.4) is 0 Å². The number of benzene rings is 1. The van der Waals surface area contributed by atoms with E-state index < -0.39 is 7.82 Å². The fourth-order valence-electron chi connectivity index (χ4n) is 1.14. The lowest BCUT2D eigenvalue weighted by Crippen LogP contribution is -2.00. The molecular formula is C9H11O5P. The minimum Gasteiger partial charge on any atom is -0.303 e. The summed E-state index contributed by atoms with van der Waals surface area (Å²) < 4.78 is 14.8. The van der Waals surface area contributed by atoms with Crippen LogP contribution in [0.2, 0.25) is 0 Å². The Balaban J connectivity index is 2.85. The van der Waals surface area contributed by atoms with Gasteiger partial charge in [0, 0.05) is 5.56 Å². The quantitative estimate of drug-likeness (QED) is 0.604. The van der Waals surface area contributed by atoms with Gasteiger partial charge < -0.3 is 9.79 Å². The summed E-state index contributed by atoms with van der Waals surface area (Å²) in [5.74, 6) is -0.167. The second kappa shape index (κ2) is 4.68. The average Bonchev–Trinajstić information content (AvgIpc) is 2.14. The van der Waals surface area contributed by atoms with Crippen molar-refractivity contribution in [3.8, 4) is 0 Å². The van der Waals surface area contributed by atoms with Gasteiger partial charge in [-0.2, -0.15) is 0 Å². The molecule has 5 nitrogen and oxygen atoms in total. The van der Waals surface area contributed by atoms with Gasteiger partial charge in [-0.15, -0.1) is 0 Å². The van der Waals surface area contributed by atoms with Gasteiger partial charge in [-0.3, -0.25) is 9.32 Å². The summed E-state index contributed by atoms with van der Waals surface area (Å²) in [6.45, 7) is 1.11. The summed E-state index contributed by atoms with van der Waals surface area (Å²) in [5, 5.41) is 0. The van der Waals surface area contributed by atoms with Gasteiger partial charge in [-0.25, -0.2) is 4.57 Å². The number of Topliss-reactive ketones (excluding diaryl/α,β-unsaturated/α-hetero) is 1. The second-order valence-electron chi connectivity index (χ2n) is 2.98. The van der Waals surface area contributed by atoms with Crippen molar-refractivity contribution >= 4 is 13.6 Å². The fourth-order valence-corrected chi connectivity index (χ4v) is 1.45. The Morgan fingerprint density at radius 2 is 2.00 bits per heavy atom. The molecule has 0 saturated heterocycles. The van der Waals surface area contributed by atoms with Gasteiger partial charge in [-0.1, -0.05) is 24.3 Å². The third-order valence-corrected chi connectivity index (χ3v) is 2.25. The summed E-state index contributed by atoms with van der Waals surface area (Å²) in [7, 11) is -4.49. The molecule has 0 saturated carbocycles. The van der Waals surface area contributed by atoms with Crippen molar-refractivity contribution in [3.05, 3.63) is 35.4 Å². The lowest BCUT2D eigenvalue weighted by atomic mass is 10.1. The van der Waals surface area contributed by atoms with E-state index in [9.17, 15) is 9.36 Å². The molecule has 1 aromatic rings. The Labute approximate surface area is 86.9 Å². The lowest BCUT2D eigenvalue weighted by Gasteiger charge is -2.08. The first-order valence-corrected chi connectivity index (χ1v) is 5.72. The highest BCUT2D eigenvalue weighted by atomic mass is 31.2. The van der Waals surface area contributed by atoms with Gasteiger partial charge in [0.15, 0.2) is 5.78 Å². The minimum absolute atomic E-state index is 0.167. The Morgan fingerprint density at radius 3 is 2.53 bits per heavy atom.